The first-order chi connectivity index (χ1) is 14.5. The SMILES string of the molecule is Cc1ncc2c(=O)n(-c3ccc(Cl)cc3)[nH]c2c1-c1ccc(-c2nccn2C)cc1. The molecule has 1 N–H and O–H groups in total. The van der Waals surface area contributed by atoms with Gasteiger partial charge in [-0.1, -0.05) is 35.9 Å². The van der Waals surface area contributed by atoms with E-state index >= 15 is 0 Å². The van der Waals surface area contributed by atoms with Crippen molar-refractivity contribution in [1.82, 2.24) is 24.3 Å². The van der Waals surface area contributed by atoms with E-state index in [2.05, 4.69) is 15.1 Å². The third-order valence-electron chi connectivity index (χ3n) is 5.26. The van der Waals surface area contributed by atoms with Crippen LogP contribution in [0.25, 0.3) is 39.1 Å². The van der Waals surface area contributed by atoms with Gasteiger partial charge in [0, 0.05) is 47.5 Å². The number of nitrogens with zero attached hydrogens (tertiary/aromatic N) is 4. The summed E-state index contributed by atoms with van der Waals surface area (Å²) in [5, 5.41) is 4.42. The molecule has 5 rings (SSSR count). The zero-order valence-corrected chi connectivity index (χ0v) is 17.2. The van der Waals surface area contributed by atoms with Crippen LogP contribution >= 0.6 is 11.6 Å². The van der Waals surface area contributed by atoms with Crippen molar-refractivity contribution >= 4 is 22.5 Å². The van der Waals surface area contributed by atoms with E-state index in [9.17, 15) is 4.79 Å². The molecule has 148 valence electrons. The molecule has 2 aromatic carbocycles. The molecule has 0 aliphatic heterocycles. The maximum Gasteiger partial charge on any atom is 0.280 e. The number of rotatable bonds is 3. The quantitative estimate of drug-likeness (QED) is 0.462. The summed E-state index contributed by atoms with van der Waals surface area (Å²) in [6.07, 6.45) is 5.33. The fourth-order valence-electron chi connectivity index (χ4n) is 3.72. The number of hydrogen-bond acceptors (Lipinski definition) is 3. The summed E-state index contributed by atoms with van der Waals surface area (Å²) in [5.74, 6) is 0.900. The molecule has 0 saturated carbocycles. The Kier molecular flexibility index (Phi) is 4.29. The summed E-state index contributed by atoms with van der Waals surface area (Å²) < 4.78 is 3.50. The number of imidazole rings is 1. The Morgan fingerprint density at radius 2 is 1.67 bits per heavy atom. The smallest absolute Gasteiger partial charge is 0.280 e. The lowest BCUT2D eigenvalue weighted by atomic mass is 10.0. The van der Waals surface area contributed by atoms with Crippen molar-refractivity contribution in [2.45, 2.75) is 6.92 Å². The highest BCUT2D eigenvalue weighted by Gasteiger charge is 2.16. The van der Waals surface area contributed by atoms with E-state index < -0.39 is 0 Å². The maximum atomic E-state index is 13.0. The number of hydrogen-bond donors (Lipinski definition) is 1. The van der Waals surface area contributed by atoms with Gasteiger partial charge in [0.15, 0.2) is 0 Å². The maximum absolute atomic E-state index is 13.0. The molecule has 6 nitrogen and oxygen atoms in total. The number of benzene rings is 2. The van der Waals surface area contributed by atoms with Crippen LogP contribution in [0.4, 0.5) is 0 Å². The van der Waals surface area contributed by atoms with E-state index in [-0.39, 0.29) is 5.56 Å². The van der Waals surface area contributed by atoms with Crippen LogP contribution in [0.3, 0.4) is 0 Å². The second kappa shape index (κ2) is 7.00. The highest BCUT2D eigenvalue weighted by atomic mass is 35.5. The van der Waals surface area contributed by atoms with Crippen molar-refractivity contribution in [2.24, 2.45) is 7.05 Å². The van der Waals surface area contributed by atoms with Crippen molar-refractivity contribution in [3.63, 3.8) is 0 Å². The average molecular weight is 416 g/mol. The summed E-state index contributed by atoms with van der Waals surface area (Å²) in [4.78, 5) is 21.9. The van der Waals surface area contributed by atoms with Crippen molar-refractivity contribution in [3.8, 4) is 28.2 Å². The molecule has 3 aromatic heterocycles. The van der Waals surface area contributed by atoms with Gasteiger partial charge in [0.2, 0.25) is 0 Å². The summed E-state index contributed by atoms with van der Waals surface area (Å²) in [6, 6.07) is 15.3. The lowest BCUT2D eigenvalue weighted by Crippen LogP contribution is -2.14. The van der Waals surface area contributed by atoms with E-state index in [0.717, 1.165) is 33.7 Å². The Hall–Kier alpha value is -3.64. The van der Waals surface area contributed by atoms with Crippen LogP contribution in [0.1, 0.15) is 5.69 Å². The predicted octanol–water partition coefficient (Wildman–Crippen LogP) is 4.74. The molecule has 0 unspecified atom stereocenters. The molecule has 0 aliphatic rings. The van der Waals surface area contributed by atoms with Crippen LogP contribution in [0.2, 0.25) is 5.02 Å². The second-order valence-corrected chi connectivity index (χ2v) is 7.61. The van der Waals surface area contributed by atoms with Crippen LogP contribution < -0.4 is 5.56 Å². The second-order valence-electron chi connectivity index (χ2n) is 7.18. The molecule has 3 heterocycles. The van der Waals surface area contributed by atoms with Gasteiger partial charge in [-0.15, -0.1) is 0 Å². The lowest BCUT2D eigenvalue weighted by molar-refractivity contribution is 0.864. The molecule has 7 heteroatoms. The van der Waals surface area contributed by atoms with Crippen LogP contribution in [0.15, 0.2) is 71.9 Å². The minimum absolute atomic E-state index is 0.147. The normalized spacial score (nSPS) is 11.3. The van der Waals surface area contributed by atoms with E-state index in [1.807, 2.05) is 49.0 Å². The molecule has 5 aromatic rings. The van der Waals surface area contributed by atoms with E-state index in [4.69, 9.17) is 11.6 Å². The fraction of sp³-hybridized carbons (Fsp3) is 0.0870. The standard InChI is InChI=1S/C23H18ClN5O/c1-14-20(15-3-5-16(6-4-15)22-25-11-12-28(22)2)21-19(13-26-14)23(30)29(27-21)18-9-7-17(24)8-10-18/h3-13,27H,1-2H3. The number of aromatic amines is 1. The molecule has 0 radical (unpaired) electrons. The third-order valence-corrected chi connectivity index (χ3v) is 5.52. The molecular formula is C23H18ClN5O. The highest BCUT2D eigenvalue weighted by Crippen LogP contribution is 2.30. The molecule has 30 heavy (non-hydrogen) atoms. The van der Waals surface area contributed by atoms with Gasteiger partial charge >= 0.3 is 0 Å². The van der Waals surface area contributed by atoms with E-state index in [1.165, 1.54) is 4.68 Å². The van der Waals surface area contributed by atoms with Gasteiger partial charge in [-0.25, -0.2) is 9.67 Å². The van der Waals surface area contributed by atoms with Crippen LogP contribution in [0, 0.1) is 6.92 Å². The summed E-state index contributed by atoms with van der Waals surface area (Å²) >= 11 is 5.99. The minimum atomic E-state index is -0.147. The molecular weight excluding hydrogens is 398 g/mol. The van der Waals surface area contributed by atoms with Gasteiger partial charge in [0.05, 0.1) is 16.6 Å². The molecule has 0 spiro atoms. The Morgan fingerprint density at radius 3 is 2.33 bits per heavy atom. The molecule has 0 atom stereocenters. The van der Waals surface area contributed by atoms with Crippen molar-refractivity contribution in [1.29, 1.82) is 0 Å². The monoisotopic (exact) mass is 415 g/mol. The van der Waals surface area contributed by atoms with Crippen LogP contribution in [-0.4, -0.2) is 24.3 Å². The molecule has 0 amide bonds. The Balaban J connectivity index is 1.67. The van der Waals surface area contributed by atoms with Crippen LogP contribution in [0.5, 0.6) is 0 Å². The summed E-state index contributed by atoms with van der Waals surface area (Å²) in [6.45, 7) is 1.94. The molecule has 0 bridgehead atoms. The number of nitrogens with one attached hydrogen (secondary N) is 1. The first-order valence-electron chi connectivity index (χ1n) is 9.47. The number of aryl methyl sites for hydroxylation is 2. The van der Waals surface area contributed by atoms with Crippen molar-refractivity contribution in [3.05, 3.63) is 88.2 Å². The molecule has 0 fully saturated rings. The predicted molar refractivity (Wildman–Crippen MR) is 119 cm³/mol. The number of aromatic nitrogens is 5. The van der Waals surface area contributed by atoms with Gasteiger partial charge in [0.1, 0.15) is 5.82 Å². The zero-order chi connectivity index (χ0) is 20.8. The highest BCUT2D eigenvalue weighted by molar-refractivity contribution is 6.30. The largest absolute Gasteiger partial charge is 0.334 e. The summed E-state index contributed by atoms with van der Waals surface area (Å²) in [5.41, 5.74) is 5.08. The van der Waals surface area contributed by atoms with Gasteiger partial charge in [-0.05, 0) is 36.8 Å². The fourth-order valence-corrected chi connectivity index (χ4v) is 3.85. The third kappa shape index (κ3) is 2.93. The Labute approximate surface area is 177 Å². The van der Waals surface area contributed by atoms with E-state index in [1.54, 1.807) is 36.7 Å². The lowest BCUT2D eigenvalue weighted by Gasteiger charge is -2.08. The van der Waals surface area contributed by atoms with Gasteiger partial charge in [-0.3, -0.25) is 14.9 Å². The number of H-pyrrole nitrogens is 1. The van der Waals surface area contributed by atoms with Crippen molar-refractivity contribution in [2.75, 3.05) is 0 Å². The molecule has 0 saturated heterocycles. The van der Waals surface area contributed by atoms with Gasteiger partial charge < -0.3 is 4.57 Å². The topological polar surface area (TPSA) is 68.5 Å². The zero-order valence-electron chi connectivity index (χ0n) is 16.4. The number of fused-ring (bicyclic) bond motifs is 1. The molecule has 0 aliphatic carbocycles. The first-order valence-corrected chi connectivity index (χ1v) is 9.85. The Morgan fingerprint density at radius 1 is 0.967 bits per heavy atom. The van der Waals surface area contributed by atoms with Crippen molar-refractivity contribution < 1.29 is 0 Å². The van der Waals surface area contributed by atoms with E-state index in [0.29, 0.717) is 16.1 Å². The first kappa shape index (κ1) is 18.4. The van der Waals surface area contributed by atoms with Gasteiger partial charge in [0.25, 0.3) is 5.56 Å². The average Bonchev–Trinajstić information content (AvgIpc) is 3.32. The number of halogens is 1. The van der Waals surface area contributed by atoms with Crippen LogP contribution in [-0.2, 0) is 7.05 Å². The summed E-state index contributed by atoms with van der Waals surface area (Å²) in [7, 11) is 1.97. The number of pyridine rings is 1. The minimum Gasteiger partial charge on any atom is -0.334 e. The van der Waals surface area contributed by atoms with Gasteiger partial charge in [-0.2, -0.15) is 0 Å². The Bertz CT molecular complexity index is 1430.